The van der Waals surface area contributed by atoms with Crippen LogP contribution in [0.3, 0.4) is 0 Å². The molecule has 0 saturated heterocycles. The van der Waals surface area contributed by atoms with Crippen LogP contribution in [0.2, 0.25) is 5.02 Å². The summed E-state index contributed by atoms with van der Waals surface area (Å²) in [4.78, 5) is 22.8. The molecule has 7 nitrogen and oxygen atoms in total. The minimum atomic E-state index is -1.21. The fourth-order valence-corrected chi connectivity index (χ4v) is 1.82. The van der Waals surface area contributed by atoms with Crippen LogP contribution in [0.5, 0.6) is 0 Å². The van der Waals surface area contributed by atoms with Gasteiger partial charge >= 0.3 is 12.0 Å². The molecule has 2 rings (SSSR count). The van der Waals surface area contributed by atoms with Crippen molar-refractivity contribution >= 4 is 29.3 Å². The molecule has 4 N–H and O–H groups in total. The summed E-state index contributed by atoms with van der Waals surface area (Å²) in [5, 5.41) is 20.5. The Kier molecular flexibility index (Phi) is 4.21. The SMILES string of the molecule is O=C(NCc1cn[nH]c1)Nc1cccc(Cl)c1C(=O)O. The number of urea groups is 1. The number of carbonyl (C=O) groups is 2. The molecule has 0 atom stereocenters. The Bertz CT molecular complexity index is 628. The van der Waals surface area contributed by atoms with Crippen molar-refractivity contribution in [1.29, 1.82) is 0 Å². The van der Waals surface area contributed by atoms with Gasteiger partial charge in [-0.05, 0) is 12.1 Å². The number of hydrogen-bond acceptors (Lipinski definition) is 3. The molecule has 0 unspecified atom stereocenters. The molecule has 0 aliphatic rings. The van der Waals surface area contributed by atoms with Gasteiger partial charge in [0.2, 0.25) is 0 Å². The van der Waals surface area contributed by atoms with Crippen LogP contribution in [-0.2, 0) is 6.54 Å². The van der Waals surface area contributed by atoms with Crippen molar-refractivity contribution in [2.75, 3.05) is 5.32 Å². The number of hydrogen-bond donors (Lipinski definition) is 4. The number of benzene rings is 1. The fourth-order valence-electron chi connectivity index (χ4n) is 1.57. The first-order valence-electron chi connectivity index (χ1n) is 5.62. The van der Waals surface area contributed by atoms with E-state index in [2.05, 4.69) is 20.8 Å². The third kappa shape index (κ3) is 3.27. The van der Waals surface area contributed by atoms with Gasteiger partial charge in [-0.3, -0.25) is 5.10 Å². The number of carboxylic acid groups (broad SMARTS) is 1. The van der Waals surface area contributed by atoms with Crippen LogP contribution in [0.4, 0.5) is 10.5 Å². The first kappa shape index (κ1) is 13.9. The van der Waals surface area contributed by atoms with Gasteiger partial charge in [0.15, 0.2) is 0 Å². The van der Waals surface area contributed by atoms with Crippen molar-refractivity contribution in [2.24, 2.45) is 0 Å². The van der Waals surface area contributed by atoms with E-state index in [0.717, 1.165) is 5.56 Å². The van der Waals surface area contributed by atoms with Gasteiger partial charge in [0.25, 0.3) is 0 Å². The molecule has 0 aliphatic heterocycles. The Labute approximate surface area is 119 Å². The number of carboxylic acids is 1. The molecule has 0 bridgehead atoms. The number of anilines is 1. The normalized spacial score (nSPS) is 10.1. The molecule has 0 spiro atoms. The Morgan fingerprint density at radius 1 is 1.40 bits per heavy atom. The smallest absolute Gasteiger partial charge is 0.339 e. The third-order valence-corrected chi connectivity index (χ3v) is 2.80. The second-order valence-corrected chi connectivity index (χ2v) is 4.29. The lowest BCUT2D eigenvalue weighted by molar-refractivity contribution is 0.0698. The van der Waals surface area contributed by atoms with Crippen molar-refractivity contribution in [1.82, 2.24) is 15.5 Å². The largest absolute Gasteiger partial charge is 0.478 e. The van der Waals surface area contributed by atoms with E-state index < -0.39 is 12.0 Å². The molecule has 8 heteroatoms. The summed E-state index contributed by atoms with van der Waals surface area (Å²) in [5.74, 6) is -1.21. The Hall–Kier alpha value is -2.54. The van der Waals surface area contributed by atoms with Gasteiger partial charge in [0.05, 0.1) is 16.9 Å². The summed E-state index contributed by atoms with van der Waals surface area (Å²) in [7, 11) is 0. The zero-order valence-electron chi connectivity index (χ0n) is 10.2. The molecule has 0 radical (unpaired) electrons. The van der Waals surface area contributed by atoms with E-state index in [1.54, 1.807) is 18.5 Å². The van der Waals surface area contributed by atoms with Gasteiger partial charge in [-0.15, -0.1) is 0 Å². The number of carbonyl (C=O) groups excluding carboxylic acids is 1. The lowest BCUT2D eigenvalue weighted by Crippen LogP contribution is -2.28. The highest BCUT2D eigenvalue weighted by Crippen LogP contribution is 2.24. The molecule has 2 aromatic rings. The number of nitrogens with zero attached hydrogens (tertiary/aromatic N) is 1. The second-order valence-electron chi connectivity index (χ2n) is 3.88. The quantitative estimate of drug-likeness (QED) is 0.692. The van der Waals surface area contributed by atoms with Crippen molar-refractivity contribution < 1.29 is 14.7 Å². The lowest BCUT2D eigenvalue weighted by Gasteiger charge is -2.10. The monoisotopic (exact) mass is 294 g/mol. The minimum Gasteiger partial charge on any atom is -0.478 e. The summed E-state index contributed by atoms with van der Waals surface area (Å²) < 4.78 is 0. The van der Waals surface area contributed by atoms with Crippen LogP contribution < -0.4 is 10.6 Å². The molecule has 0 saturated carbocycles. The molecule has 1 heterocycles. The van der Waals surface area contributed by atoms with Crippen LogP contribution in [0, 0.1) is 0 Å². The summed E-state index contributed by atoms with van der Waals surface area (Å²) >= 11 is 5.80. The van der Waals surface area contributed by atoms with Gasteiger partial charge < -0.3 is 15.7 Å². The average molecular weight is 295 g/mol. The van der Waals surface area contributed by atoms with Gasteiger partial charge in [0, 0.05) is 18.3 Å². The second kappa shape index (κ2) is 6.07. The van der Waals surface area contributed by atoms with E-state index in [9.17, 15) is 9.59 Å². The van der Waals surface area contributed by atoms with Gasteiger partial charge in [-0.25, -0.2) is 9.59 Å². The Morgan fingerprint density at radius 2 is 2.20 bits per heavy atom. The van der Waals surface area contributed by atoms with E-state index in [1.807, 2.05) is 0 Å². The van der Waals surface area contributed by atoms with Crippen LogP contribution >= 0.6 is 11.6 Å². The first-order valence-corrected chi connectivity index (χ1v) is 6.00. The highest BCUT2D eigenvalue weighted by Gasteiger charge is 2.15. The van der Waals surface area contributed by atoms with Crippen molar-refractivity contribution in [3.05, 3.63) is 46.7 Å². The molecule has 2 amide bonds. The number of aromatic nitrogens is 2. The predicted octanol–water partition coefficient (Wildman–Crippen LogP) is 2.08. The van der Waals surface area contributed by atoms with E-state index >= 15 is 0 Å². The molecule has 0 fully saturated rings. The van der Waals surface area contributed by atoms with Crippen LogP contribution in [0.15, 0.2) is 30.6 Å². The maximum atomic E-state index is 11.7. The van der Waals surface area contributed by atoms with Crippen molar-refractivity contribution in [3.63, 3.8) is 0 Å². The van der Waals surface area contributed by atoms with Gasteiger partial charge in [-0.1, -0.05) is 17.7 Å². The van der Waals surface area contributed by atoms with E-state index in [4.69, 9.17) is 16.7 Å². The molecule has 1 aromatic carbocycles. The van der Waals surface area contributed by atoms with E-state index in [1.165, 1.54) is 12.1 Å². The minimum absolute atomic E-state index is 0.0603. The highest BCUT2D eigenvalue weighted by molar-refractivity contribution is 6.34. The number of halogens is 1. The molecule has 0 aliphatic carbocycles. The number of nitrogens with one attached hydrogen (secondary N) is 3. The average Bonchev–Trinajstić information content (AvgIpc) is 2.89. The van der Waals surface area contributed by atoms with Gasteiger partial charge in [-0.2, -0.15) is 5.10 Å². The fraction of sp³-hybridized carbons (Fsp3) is 0.0833. The van der Waals surface area contributed by atoms with Crippen LogP contribution in [-0.4, -0.2) is 27.3 Å². The van der Waals surface area contributed by atoms with E-state index in [-0.39, 0.29) is 22.8 Å². The number of H-pyrrole nitrogens is 1. The lowest BCUT2D eigenvalue weighted by atomic mass is 10.2. The topological polar surface area (TPSA) is 107 Å². The molecule has 20 heavy (non-hydrogen) atoms. The molecular formula is C12H11ClN4O3. The Morgan fingerprint density at radius 3 is 2.85 bits per heavy atom. The highest BCUT2D eigenvalue weighted by atomic mass is 35.5. The zero-order valence-corrected chi connectivity index (χ0v) is 10.9. The van der Waals surface area contributed by atoms with Crippen LogP contribution in [0.1, 0.15) is 15.9 Å². The summed E-state index contributed by atoms with van der Waals surface area (Å²) in [6.45, 7) is 0.269. The Balaban J connectivity index is 2.04. The predicted molar refractivity (Wildman–Crippen MR) is 72.9 cm³/mol. The zero-order chi connectivity index (χ0) is 14.5. The number of aromatic amines is 1. The maximum Gasteiger partial charge on any atom is 0.339 e. The number of rotatable bonds is 4. The maximum absolute atomic E-state index is 11.7. The molecule has 1 aromatic heterocycles. The number of aromatic carboxylic acids is 1. The number of amides is 2. The van der Waals surface area contributed by atoms with Crippen molar-refractivity contribution in [2.45, 2.75) is 6.54 Å². The first-order chi connectivity index (χ1) is 9.58. The molecule has 104 valence electrons. The van der Waals surface area contributed by atoms with E-state index in [0.29, 0.717) is 0 Å². The van der Waals surface area contributed by atoms with Crippen LogP contribution in [0.25, 0.3) is 0 Å². The summed E-state index contributed by atoms with van der Waals surface area (Å²) in [6.07, 6.45) is 3.21. The van der Waals surface area contributed by atoms with Crippen molar-refractivity contribution in [3.8, 4) is 0 Å². The standard InChI is InChI=1S/C12H11ClN4O3/c13-8-2-1-3-9(10(8)11(18)19)17-12(20)14-4-7-5-15-16-6-7/h1-3,5-6H,4H2,(H,15,16)(H,18,19)(H2,14,17,20). The third-order valence-electron chi connectivity index (χ3n) is 2.48. The molecular weight excluding hydrogens is 284 g/mol. The van der Waals surface area contributed by atoms with Gasteiger partial charge in [0.1, 0.15) is 5.56 Å². The summed E-state index contributed by atoms with van der Waals surface area (Å²) in [6, 6.07) is 3.93. The summed E-state index contributed by atoms with van der Waals surface area (Å²) in [5.41, 5.74) is 0.784.